The molecule has 1 heterocycles. The van der Waals surface area contributed by atoms with Crippen LogP contribution in [0.1, 0.15) is 22.3 Å². The molecule has 4 rings (SSSR count). The molecule has 0 saturated carbocycles. The van der Waals surface area contributed by atoms with Crippen LogP contribution in [-0.4, -0.2) is 40.3 Å². The third-order valence-corrected chi connectivity index (χ3v) is 5.53. The lowest BCUT2D eigenvalue weighted by atomic mass is 10.2. The summed E-state index contributed by atoms with van der Waals surface area (Å²) in [6.45, 7) is 0.357. The van der Waals surface area contributed by atoms with Crippen molar-refractivity contribution in [1.29, 1.82) is 5.26 Å². The quantitative estimate of drug-likeness (QED) is 0.358. The van der Waals surface area contributed by atoms with E-state index in [1.165, 1.54) is 29.2 Å². The number of nitriles is 1. The van der Waals surface area contributed by atoms with Crippen molar-refractivity contribution < 1.29 is 19.1 Å². The molecular formula is C26H23FN6O3. The van der Waals surface area contributed by atoms with E-state index in [-0.39, 0.29) is 18.5 Å². The Bertz CT molecular complexity index is 1460. The maximum atomic E-state index is 13.2. The van der Waals surface area contributed by atoms with Gasteiger partial charge < -0.3 is 19.9 Å². The molecule has 36 heavy (non-hydrogen) atoms. The van der Waals surface area contributed by atoms with Gasteiger partial charge in [0.2, 0.25) is 5.95 Å². The molecule has 0 unspecified atom stereocenters. The van der Waals surface area contributed by atoms with Gasteiger partial charge in [-0.2, -0.15) is 5.26 Å². The Morgan fingerprint density at radius 1 is 1.11 bits per heavy atom. The molecule has 0 aliphatic heterocycles. The number of imidazole rings is 1. The predicted molar refractivity (Wildman–Crippen MR) is 134 cm³/mol. The monoisotopic (exact) mass is 486 g/mol. The Labute approximate surface area is 206 Å². The molecule has 0 bridgehead atoms. The van der Waals surface area contributed by atoms with E-state index < -0.39 is 11.8 Å². The number of amides is 3. The number of aliphatic hydroxyl groups is 1. The number of fused-ring (bicyclic) bond motifs is 1. The second-order valence-electron chi connectivity index (χ2n) is 7.98. The number of anilines is 3. The van der Waals surface area contributed by atoms with E-state index in [9.17, 15) is 19.1 Å². The van der Waals surface area contributed by atoms with Crippen LogP contribution in [0.3, 0.4) is 0 Å². The second kappa shape index (κ2) is 10.7. The van der Waals surface area contributed by atoms with Gasteiger partial charge in [0.1, 0.15) is 5.82 Å². The number of aliphatic hydroxyl groups excluding tert-OH is 1. The first-order chi connectivity index (χ1) is 17.4. The Hall–Kier alpha value is -4.75. The molecule has 9 nitrogen and oxygen atoms in total. The first-order valence-corrected chi connectivity index (χ1v) is 11.1. The van der Waals surface area contributed by atoms with Crippen LogP contribution in [0, 0.1) is 17.1 Å². The van der Waals surface area contributed by atoms with E-state index in [1.807, 2.05) is 6.07 Å². The highest BCUT2D eigenvalue weighted by atomic mass is 19.1. The van der Waals surface area contributed by atoms with Crippen LogP contribution in [0.5, 0.6) is 0 Å². The zero-order valence-electron chi connectivity index (χ0n) is 19.4. The third kappa shape index (κ3) is 5.32. The highest BCUT2D eigenvalue weighted by Crippen LogP contribution is 2.26. The molecule has 182 valence electrons. The number of halogens is 1. The lowest BCUT2D eigenvalue weighted by Crippen LogP contribution is -2.26. The van der Waals surface area contributed by atoms with Gasteiger partial charge in [-0.05, 0) is 67.1 Å². The normalized spacial score (nSPS) is 10.6. The smallest absolute Gasteiger partial charge is 0.326 e. The minimum Gasteiger partial charge on any atom is -0.396 e. The molecule has 0 aliphatic carbocycles. The standard InChI is InChI=1S/C26H23FN6O3/c1-32(24(35)18-6-8-19(27)9-7-18)21-10-11-23-22(15-21)30-25(33(23)12-3-13-34)31-26(36)29-20-5-2-4-17(14-20)16-28/h2,4-11,14-15,34H,3,12-13H2,1H3,(H2,29,30,31,36). The van der Waals surface area contributed by atoms with Gasteiger partial charge in [-0.25, -0.2) is 14.2 Å². The Morgan fingerprint density at radius 3 is 2.61 bits per heavy atom. The van der Waals surface area contributed by atoms with E-state index in [4.69, 9.17) is 5.26 Å². The molecule has 10 heteroatoms. The average molecular weight is 487 g/mol. The van der Waals surface area contributed by atoms with Gasteiger partial charge in [0.25, 0.3) is 5.91 Å². The van der Waals surface area contributed by atoms with Crippen LogP contribution in [0.15, 0.2) is 66.7 Å². The fraction of sp³-hybridized carbons (Fsp3) is 0.154. The number of nitrogens with zero attached hydrogens (tertiary/aromatic N) is 4. The van der Waals surface area contributed by atoms with Crippen LogP contribution in [-0.2, 0) is 6.54 Å². The zero-order chi connectivity index (χ0) is 25.7. The first kappa shape index (κ1) is 24.4. The second-order valence-corrected chi connectivity index (χ2v) is 7.98. The summed E-state index contributed by atoms with van der Waals surface area (Å²) < 4.78 is 15.0. The number of hydrogen-bond acceptors (Lipinski definition) is 5. The van der Waals surface area contributed by atoms with Crippen LogP contribution < -0.4 is 15.5 Å². The maximum Gasteiger partial charge on any atom is 0.326 e. The summed E-state index contributed by atoms with van der Waals surface area (Å²) in [6, 6.07) is 18.5. The van der Waals surface area contributed by atoms with Crippen LogP contribution in [0.25, 0.3) is 11.0 Å². The topological polar surface area (TPSA) is 123 Å². The summed E-state index contributed by atoms with van der Waals surface area (Å²) in [5, 5.41) is 23.8. The van der Waals surface area contributed by atoms with E-state index in [1.54, 1.807) is 54.1 Å². The molecule has 3 aromatic carbocycles. The lowest BCUT2D eigenvalue weighted by Gasteiger charge is -2.17. The van der Waals surface area contributed by atoms with E-state index in [0.717, 1.165) is 0 Å². The summed E-state index contributed by atoms with van der Waals surface area (Å²) in [4.78, 5) is 31.4. The fourth-order valence-electron chi connectivity index (χ4n) is 3.71. The number of carbonyl (C=O) groups excluding carboxylic acids is 2. The molecular weight excluding hydrogens is 463 g/mol. The van der Waals surface area contributed by atoms with Crippen LogP contribution in [0.4, 0.5) is 26.5 Å². The van der Waals surface area contributed by atoms with E-state index >= 15 is 0 Å². The minimum absolute atomic E-state index is 0.0424. The number of carbonyl (C=O) groups is 2. The van der Waals surface area contributed by atoms with Gasteiger partial charge in [0.05, 0.1) is 22.7 Å². The van der Waals surface area contributed by atoms with Crippen molar-refractivity contribution in [2.24, 2.45) is 0 Å². The molecule has 0 radical (unpaired) electrons. The lowest BCUT2D eigenvalue weighted by molar-refractivity contribution is 0.0993. The van der Waals surface area contributed by atoms with Crippen molar-refractivity contribution in [3.8, 4) is 6.07 Å². The van der Waals surface area contributed by atoms with Gasteiger partial charge in [-0.1, -0.05) is 6.07 Å². The molecule has 3 amide bonds. The minimum atomic E-state index is -0.547. The SMILES string of the molecule is CN(C(=O)c1ccc(F)cc1)c1ccc2c(c1)nc(NC(=O)Nc1cccc(C#N)c1)n2CCCO. The molecule has 0 fully saturated rings. The van der Waals surface area contributed by atoms with E-state index in [0.29, 0.717) is 46.5 Å². The van der Waals surface area contributed by atoms with Crippen molar-refractivity contribution in [2.75, 3.05) is 29.2 Å². The Balaban J connectivity index is 1.60. The van der Waals surface area contributed by atoms with Crippen LogP contribution in [0.2, 0.25) is 0 Å². The summed E-state index contributed by atoms with van der Waals surface area (Å²) >= 11 is 0. The number of rotatable bonds is 7. The van der Waals surface area contributed by atoms with Gasteiger partial charge in [0, 0.05) is 37.1 Å². The molecule has 1 aromatic heterocycles. The fourth-order valence-corrected chi connectivity index (χ4v) is 3.71. The number of urea groups is 1. The first-order valence-electron chi connectivity index (χ1n) is 11.1. The Morgan fingerprint density at radius 2 is 1.89 bits per heavy atom. The largest absolute Gasteiger partial charge is 0.396 e. The highest BCUT2D eigenvalue weighted by molar-refractivity contribution is 6.06. The zero-order valence-corrected chi connectivity index (χ0v) is 19.4. The summed E-state index contributed by atoms with van der Waals surface area (Å²) in [7, 11) is 1.61. The third-order valence-electron chi connectivity index (χ3n) is 5.53. The average Bonchev–Trinajstić information content (AvgIpc) is 3.22. The Kier molecular flexibility index (Phi) is 7.23. The van der Waals surface area contributed by atoms with Crippen molar-refractivity contribution in [3.05, 3.63) is 83.7 Å². The van der Waals surface area contributed by atoms with Gasteiger partial charge in [0.15, 0.2) is 0 Å². The van der Waals surface area contributed by atoms with Gasteiger partial charge in [-0.3, -0.25) is 10.1 Å². The van der Waals surface area contributed by atoms with Crippen molar-refractivity contribution in [2.45, 2.75) is 13.0 Å². The summed E-state index contributed by atoms with van der Waals surface area (Å²) in [6.07, 6.45) is 0.441. The van der Waals surface area contributed by atoms with Gasteiger partial charge in [-0.15, -0.1) is 0 Å². The summed E-state index contributed by atoms with van der Waals surface area (Å²) in [5.74, 6) is -0.477. The van der Waals surface area contributed by atoms with Crippen molar-refractivity contribution in [1.82, 2.24) is 9.55 Å². The molecule has 3 N–H and O–H groups in total. The number of hydrogen-bond donors (Lipinski definition) is 3. The molecule has 0 atom stereocenters. The number of aryl methyl sites for hydroxylation is 1. The van der Waals surface area contributed by atoms with Crippen molar-refractivity contribution >= 4 is 40.3 Å². The van der Waals surface area contributed by atoms with Crippen LogP contribution >= 0.6 is 0 Å². The summed E-state index contributed by atoms with van der Waals surface area (Å²) in [5.41, 5.74) is 3.00. The number of aromatic nitrogens is 2. The number of nitrogens with one attached hydrogen (secondary N) is 2. The maximum absolute atomic E-state index is 13.2. The molecule has 0 aliphatic rings. The highest BCUT2D eigenvalue weighted by Gasteiger charge is 2.18. The van der Waals surface area contributed by atoms with Gasteiger partial charge >= 0.3 is 6.03 Å². The number of benzene rings is 3. The van der Waals surface area contributed by atoms with Crippen molar-refractivity contribution in [3.63, 3.8) is 0 Å². The predicted octanol–water partition coefficient (Wildman–Crippen LogP) is 4.35. The molecule has 0 spiro atoms. The van der Waals surface area contributed by atoms with E-state index in [2.05, 4.69) is 15.6 Å². The molecule has 4 aromatic rings. The molecule has 0 saturated heterocycles.